The number of hydrogen-bond acceptors (Lipinski definition) is 5. The van der Waals surface area contributed by atoms with Crippen LogP contribution in [0, 0.1) is 0 Å². The Morgan fingerprint density at radius 1 is 0.789 bits per heavy atom. The number of aryl methyl sites for hydroxylation is 1. The van der Waals surface area contributed by atoms with Crippen LogP contribution in [-0.2, 0) is 22.7 Å². The lowest BCUT2D eigenvalue weighted by Crippen LogP contribution is -2.38. The van der Waals surface area contributed by atoms with Gasteiger partial charge in [-0.2, -0.15) is 0 Å². The summed E-state index contributed by atoms with van der Waals surface area (Å²) in [5.41, 5.74) is 4.94. The predicted octanol–water partition coefficient (Wildman–Crippen LogP) is 4.45. The van der Waals surface area contributed by atoms with Crippen molar-refractivity contribution in [3.8, 4) is 22.6 Å². The van der Waals surface area contributed by atoms with Crippen molar-refractivity contribution in [1.29, 1.82) is 0 Å². The molecule has 0 saturated carbocycles. The van der Waals surface area contributed by atoms with E-state index in [-0.39, 0.29) is 4.90 Å². The van der Waals surface area contributed by atoms with Crippen molar-refractivity contribution in [3.05, 3.63) is 113 Å². The second-order valence-corrected chi connectivity index (χ2v) is 11.4. The second kappa shape index (κ2) is 11.2. The standard InChI is InChI=1S/C26H24O4S.C6H7N/c1-29-25-14-11-20(16-26(25)30-2)31(27,28)19-10-7-18-9-12-22-21-6-4-3-5-17(21)8-13-23(22)24(18)15-19;1-2-4-6-7-5-3-1/h3-6,9,11-16,19H,7-8,10H2,1-2H3;1-7H. The third-order valence-corrected chi connectivity index (χ3v) is 9.14. The molecule has 0 spiro atoms. The molecule has 6 rings (SSSR count). The molecule has 3 aromatic rings. The zero-order valence-corrected chi connectivity index (χ0v) is 22.4. The highest BCUT2D eigenvalue weighted by Crippen LogP contribution is 2.32. The number of rotatable bonds is 4. The molecule has 0 aromatic heterocycles. The Labute approximate surface area is 224 Å². The van der Waals surface area contributed by atoms with Gasteiger partial charge in [0.05, 0.1) is 24.4 Å². The lowest BCUT2D eigenvalue weighted by atomic mass is 9.87. The maximum atomic E-state index is 13.5. The van der Waals surface area contributed by atoms with Crippen molar-refractivity contribution in [2.24, 2.45) is 0 Å². The third-order valence-electron chi connectivity index (χ3n) is 7.06. The molecule has 1 unspecified atom stereocenters. The number of allylic oxidation sites excluding steroid dienone is 4. The summed E-state index contributed by atoms with van der Waals surface area (Å²) in [5.74, 6) is 0.934. The lowest BCUT2D eigenvalue weighted by Gasteiger charge is -2.22. The lowest BCUT2D eigenvalue weighted by molar-refractivity contribution is 0.354. The van der Waals surface area contributed by atoms with Gasteiger partial charge in [-0.25, -0.2) is 8.42 Å². The van der Waals surface area contributed by atoms with E-state index in [4.69, 9.17) is 9.47 Å². The first-order valence-corrected chi connectivity index (χ1v) is 14.2. The van der Waals surface area contributed by atoms with Crippen LogP contribution >= 0.6 is 0 Å². The van der Waals surface area contributed by atoms with Gasteiger partial charge in [-0.1, -0.05) is 60.7 Å². The van der Waals surface area contributed by atoms with Crippen molar-refractivity contribution in [2.75, 3.05) is 14.2 Å². The Hall–Kier alpha value is -4.03. The Morgan fingerprint density at radius 3 is 2.32 bits per heavy atom. The molecule has 6 heteroatoms. The summed E-state index contributed by atoms with van der Waals surface area (Å²) in [5, 5.41) is 4.57. The monoisotopic (exact) mass is 525 g/mol. The Bertz CT molecular complexity index is 1650. The van der Waals surface area contributed by atoms with Crippen LogP contribution in [0.3, 0.4) is 0 Å². The van der Waals surface area contributed by atoms with Crippen LogP contribution in [-0.4, -0.2) is 27.9 Å². The van der Waals surface area contributed by atoms with Crippen molar-refractivity contribution < 1.29 is 17.9 Å². The minimum Gasteiger partial charge on any atom is -0.493 e. The second-order valence-electron chi connectivity index (χ2n) is 9.24. The van der Waals surface area contributed by atoms with Crippen LogP contribution in [0.5, 0.6) is 11.5 Å². The predicted molar refractivity (Wildman–Crippen MR) is 153 cm³/mol. The number of nitrogens with one attached hydrogen (secondary N) is 1. The van der Waals surface area contributed by atoms with E-state index in [1.54, 1.807) is 18.2 Å². The van der Waals surface area contributed by atoms with E-state index in [0.29, 0.717) is 17.9 Å². The zero-order chi connectivity index (χ0) is 26.5. The first kappa shape index (κ1) is 25.6. The van der Waals surface area contributed by atoms with E-state index >= 15 is 0 Å². The number of methoxy groups -OCH3 is 2. The number of fused-ring (bicyclic) bond motifs is 5. The molecular weight excluding hydrogens is 494 g/mol. The molecule has 38 heavy (non-hydrogen) atoms. The summed E-state index contributed by atoms with van der Waals surface area (Å²) in [6.07, 6.45) is 17.9. The highest BCUT2D eigenvalue weighted by molar-refractivity contribution is 7.92. The van der Waals surface area contributed by atoms with Gasteiger partial charge in [0.2, 0.25) is 0 Å². The first-order chi connectivity index (χ1) is 18.5. The average molecular weight is 526 g/mol. The molecule has 0 fully saturated rings. The summed E-state index contributed by atoms with van der Waals surface area (Å²) < 4.78 is 37.6. The molecule has 1 aliphatic heterocycles. The molecule has 1 atom stereocenters. The fourth-order valence-corrected chi connectivity index (χ4v) is 6.73. The van der Waals surface area contributed by atoms with Crippen molar-refractivity contribution >= 4 is 22.0 Å². The molecule has 3 aromatic carbocycles. The normalized spacial score (nSPS) is 16.6. The smallest absolute Gasteiger partial charge is 0.184 e. The molecule has 1 N–H and O–H groups in total. The van der Waals surface area contributed by atoms with E-state index in [9.17, 15) is 8.42 Å². The van der Waals surface area contributed by atoms with Crippen molar-refractivity contribution in [3.63, 3.8) is 0 Å². The fourth-order valence-electron chi connectivity index (χ4n) is 5.11. The topological polar surface area (TPSA) is 64.6 Å². The van der Waals surface area contributed by atoms with Crippen LogP contribution in [0.4, 0.5) is 0 Å². The minimum absolute atomic E-state index is 0.258. The molecule has 1 heterocycles. The maximum Gasteiger partial charge on any atom is 0.184 e. The van der Waals surface area contributed by atoms with E-state index in [0.717, 1.165) is 23.3 Å². The molecule has 0 radical (unpaired) electrons. The summed E-state index contributed by atoms with van der Waals surface area (Å²) in [7, 11) is -0.506. The largest absolute Gasteiger partial charge is 0.493 e. The Morgan fingerprint density at radius 2 is 1.55 bits per heavy atom. The van der Waals surface area contributed by atoms with E-state index in [1.807, 2.05) is 42.8 Å². The summed E-state index contributed by atoms with van der Waals surface area (Å²) in [6.45, 7) is 0. The highest BCUT2D eigenvalue weighted by atomic mass is 32.2. The van der Waals surface area contributed by atoms with Crippen LogP contribution in [0.1, 0.15) is 17.5 Å². The molecule has 0 bridgehead atoms. The van der Waals surface area contributed by atoms with Gasteiger partial charge in [-0.15, -0.1) is 0 Å². The van der Waals surface area contributed by atoms with Crippen LogP contribution in [0.2, 0.25) is 0 Å². The molecule has 3 aliphatic rings. The van der Waals surface area contributed by atoms with Gasteiger partial charge in [0.25, 0.3) is 0 Å². The molecule has 0 saturated heterocycles. The zero-order valence-electron chi connectivity index (χ0n) is 21.6. The SMILES string of the molecule is C1=CC=CNC=C1.COc1ccc(S(=O)(=O)C2C=c3c(ccc4c3=CCc3ccccc3-4)CC2)cc1OC. The third kappa shape index (κ3) is 5.04. The molecule has 5 nitrogen and oxygen atoms in total. The van der Waals surface area contributed by atoms with E-state index < -0.39 is 15.1 Å². The van der Waals surface area contributed by atoms with Gasteiger partial charge in [0.15, 0.2) is 21.3 Å². The minimum atomic E-state index is -3.55. The fraction of sp³-hybridized carbons (Fsp3) is 0.188. The molecule has 2 aliphatic carbocycles. The summed E-state index contributed by atoms with van der Waals surface area (Å²) >= 11 is 0. The summed E-state index contributed by atoms with van der Waals surface area (Å²) in [4.78, 5) is 0.258. The van der Waals surface area contributed by atoms with Gasteiger partial charge in [-0.3, -0.25) is 0 Å². The number of ether oxygens (including phenoxy) is 2. The average Bonchev–Trinajstić information content (AvgIpc) is 3.30. The molecular formula is C32H31NO4S. The van der Waals surface area contributed by atoms with Gasteiger partial charge in [0.1, 0.15) is 0 Å². The highest BCUT2D eigenvalue weighted by Gasteiger charge is 2.29. The molecule has 0 amide bonds. The van der Waals surface area contributed by atoms with Gasteiger partial charge in [-0.05, 0) is 76.2 Å². The van der Waals surface area contributed by atoms with Crippen LogP contribution in [0.25, 0.3) is 23.3 Å². The Balaban J connectivity index is 0.000000366. The quantitative estimate of drug-likeness (QED) is 0.545. The van der Waals surface area contributed by atoms with Crippen molar-refractivity contribution in [1.82, 2.24) is 5.32 Å². The van der Waals surface area contributed by atoms with Crippen LogP contribution in [0.15, 0.2) is 96.2 Å². The first-order valence-electron chi connectivity index (χ1n) is 12.7. The van der Waals surface area contributed by atoms with E-state index in [2.05, 4.69) is 47.8 Å². The van der Waals surface area contributed by atoms with Crippen molar-refractivity contribution in [2.45, 2.75) is 29.4 Å². The van der Waals surface area contributed by atoms with Crippen LogP contribution < -0.4 is 25.2 Å². The van der Waals surface area contributed by atoms with E-state index in [1.165, 1.54) is 36.5 Å². The molecule has 194 valence electrons. The maximum absolute atomic E-state index is 13.5. The number of benzene rings is 3. The number of hydrogen-bond donors (Lipinski definition) is 1. The summed E-state index contributed by atoms with van der Waals surface area (Å²) in [6, 6.07) is 17.6. The van der Waals surface area contributed by atoms with Gasteiger partial charge < -0.3 is 14.8 Å². The van der Waals surface area contributed by atoms with Gasteiger partial charge in [0, 0.05) is 18.5 Å². The van der Waals surface area contributed by atoms with Gasteiger partial charge >= 0.3 is 0 Å². The Kier molecular flexibility index (Phi) is 7.52. The number of sulfone groups is 1.